The molecule has 45 heavy (non-hydrogen) atoms. The normalized spacial score (nSPS) is 11.1. The highest BCUT2D eigenvalue weighted by Gasteiger charge is 2.04. The number of esters is 2. The minimum atomic E-state index is -0.865. The van der Waals surface area contributed by atoms with Crippen molar-refractivity contribution in [2.75, 3.05) is 132 Å². The lowest BCUT2D eigenvalue weighted by Crippen LogP contribution is -2.15. The summed E-state index contributed by atoms with van der Waals surface area (Å²) in [5.74, 6) is -1.41. The summed E-state index contributed by atoms with van der Waals surface area (Å²) in [5.41, 5.74) is 0. The maximum Gasteiger partial charge on any atom is 0.305 e. The SMILES string of the molecule is CCCC(=O)OCCOCCOCCOCCOCCOCCOCCOCCOCCOCCOC(=O)CCCCC(=O)O. The lowest BCUT2D eigenvalue weighted by atomic mass is 10.2. The van der Waals surface area contributed by atoms with Crippen LogP contribution in [0.2, 0.25) is 0 Å². The van der Waals surface area contributed by atoms with Crippen molar-refractivity contribution in [1.29, 1.82) is 0 Å². The van der Waals surface area contributed by atoms with Gasteiger partial charge >= 0.3 is 17.9 Å². The molecule has 0 aliphatic heterocycles. The number of unbranched alkanes of at least 4 members (excludes halogenated alkanes) is 1. The van der Waals surface area contributed by atoms with Crippen LogP contribution in [0.4, 0.5) is 0 Å². The minimum absolute atomic E-state index is 0.0580. The first-order chi connectivity index (χ1) is 22.1. The molecule has 0 aromatic rings. The van der Waals surface area contributed by atoms with Gasteiger partial charge in [-0.3, -0.25) is 14.4 Å². The Hall–Kier alpha value is -1.95. The molecule has 0 atom stereocenters. The smallest absolute Gasteiger partial charge is 0.305 e. The number of ether oxygens (including phenoxy) is 11. The second kappa shape index (κ2) is 36.5. The minimum Gasteiger partial charge on any atom is -0.481 e. The van der Waals surface area contributed by atoms with Crippen LogP contribution in [0, 0.1) is 0 Å². The average Bonchev–Trinajstić information content (AvgIpc) is 3.02. The molecule has 0 aromatic carbocycles. The second-order valence-corrected chi connectivity index (χ2v) is 9.30. The lowest BCUT2D eigenvalue weighted by molar-refractivity contribution is -0.146. The zero-order valence-electron chi connectivity index (χ0n) is 27.0. The van der Waals surface area contributed by atoms with Gasteiger partial charge in [-0.05, 0) is 19.3 Å². The second-order valence-electron chi connectivity index (χ2n) is 9.30. The summed E-state index contributed by atoms with van der Waals surface area (Å²) in [7, 11) is 0. The van der Waals surface area contributed by atoms with Crippen LogP contribution in [0.3, 0.4) is 0 Å². The first-order valence-electron chi connectivity index (χ1n) is 15.8. The molecule has 0 bridgehead atoms. The van der Waals surface area contributed by atoms with E-state index < -0.39 is 5.97 Å². The van der Waals surface area contributed by atoms with Gasteiger partial charge in [0.25, 0.3) is 0 Å². The van der Waals surface area contributed by atoms with Crippen LogP contribution in [-0.2, 0) is 66.5 Å². The lowest BCUT2D eigenvalue weighted by Gasteiger charge is -2.09. The highest BCUT2D eigenvalue weighted by atomic mass is 16.6. The van der Waals surface area contributed by atoms with E-state index in [9.17, 15) is 14.4 Å². The molecule has 15 nitrogen and oxygen atoms in total. The molecule has 0 amide bonds. The van der Waals surface area contributed by atoms with Crippen LogP contribution in [0.5, 0.6) is 0 Å². The van der Waals surface area contributed by atoms with Crippen LogP contribution >= 0.6 is 0 Å². The zero-order valence-corrected chi connectivity index (χ0v) is 27.0. The molecule has 0 fully saturated rings. The summed E-state index contributed by atoms with van der Waals surface area (Å²) in [6.45, 7) is 10.3. The standard InChI is InChI=1S/C30H56O15/c1-2-5-29(33)44-26-24-42-22-20-40-18-16-38-14-12-36-10-8-35-9-11-37-13-15-39-17-19-41-21-23-43-25-27-45-30(34)7-4-3-6-28(31)32/h2-27H2,1H3,(H,31,32). The van der Waals surface area contributed by atoms with Gasteiger partial charge < -0.3 is 57.2 Å². The Balaban J connectivity index is 3.11. The largest absolute Gasteiger partial charge is 0.481 e. The Kier molecular flexibility index (Phi) is 34.9. The third-order valence-corrected chi connectivity index (χ3v) is 5.43. The summed E-state index contributed by atoms with van der Waals surface area (Å²) in [4.78, 5) is 33.0. The molecule has 0 saturated carbocycles. The van der Waals surface area contributed by atoms with Gasteiger partial charge in [0.15, 0.2) is 0 Å². The summed E-state index contributed by atoms with van der Waals surface area (Å²) in [6, 6.07) is 0. The molecule has 0 aromatic heterocycles. The van der Waals surface area contributed by atoms with Crippen molar-refractivity contribution >= 4 is 17.9 Å². The Morgan fingerprint density at radius 3 is 0.889 bits per heavy atom. The summed E-state index contributed by atoms with van der Waals surface area (Å²) in [6.07, 6.45) is 2.44. The Morgan fingerprint density at radius 1 is 0.378 bits per heavy atom. The van der Waals surface area contributed by atoms with Gasteiger partial charge in [-0.25, -0.2) is 0 Å². The first kappa shape index (κ1) is 43.0. The van der Waals surface area contributed by atoms with Crippen LogP contribution in [0.25, 0.3) is 0 Å². The molecule has 0 saturated heterocycles. The van der Waals surface area contributed by atoms with Crippen LogP contribution in [0.15, 0.2) is 0 Å². The third-order valence-electron chi connectivity index (χ3n) is 5.43. The first-order valence-corrected chi connectivity index (χ1v) is 15.8. The van der Waals surface area contributed by atoms with Gasteiger partial charge in [-0.2, -0.15) is 0 Å². The monoisotopic (exact) mass is 656 g/mol. The number of carbonyl (C=O) groups excluding carboxylic acids is 2. The molecule has 15 heteroatoms. The quantitative estimate of drug-likeness (QED) is 0.0755. The van der Waals surface area contributed by atoms with Crippen molar-refractivity contribution in [2.24, 2.45) is 0 Å². The van der Waals surface area contributed by atoms with Gasteiger partial charge in [-0.15, -0.1) is 0 Å². The fourth-order valence-corrected chi connectivity index (χ4v) is 3.18. The van der Waals surface area contributed by atoms with Gasteiger partial charge in [0.1, 0.15) is 13.2 Å². The molecule has 266 valence electrons. The maximum absolute atomic E-state index is 11.5. The average molecular weight is 657 g/mol. The number of carboxylic acid groups (broad SMARTS) is 1. The molecule has 0 unspecified atom stereocenters. The van der Waals surface area contributed by atoms with Crippen molar-refractivity contribution in [2.45, 2.75) is 45.4 Å². The summed E-state index contributed by atoms with van der Waals surface area (Å²) < 4.78 is 58.6. The number of rotatable bonds is 37. The van der Waals surface area contributed by atoms with Gasteiger partial charge in [0, 0.05) is 19.3 Å². The molecular weight excluding hydrogens is 600 g/mol. The predicted octanol–water partition coefficient (Wildman–Crippen LogP) is 1.67. The Labute approximate surface area is 267 Å². The van der Waals surface area contributed by atoms with E-state index >= 15 is 0 Å². The van der Waals surface area contributed by atoms with Crippen LogP contribution in [0.1, 0.15) is 45.4 Å². The highest BCUT2D eigenvalue weighted by molar-refractivity contribution is 5.70. The number of aliphatic carboxylic acids is 1. The fraction of sp³-hybridized carbons (Fsp3) is 0.900. The number of carboxylic acids is 1. The molecule has 0 aliphatic rings. The number of carbonyl (C=O) groups is 3. The summed E-state index contributed by atoms with van der Waals surface area (Å²) >= 11 is 0. The predicted molar refractivity (Wildman–Crippen MR) is 160 cm³/mol. The topological polar surface area (TPSA) is 173 Å². The molecule has 0 aliphatic carbocycles. The molecule has 0 radical (unpaired) electrons. The zero-order chi connectivity index (χ0) is 32.9. The molecule has 0 heterocycles. The van der Waals surface area contributed by atoms with Crippen molar-refractivity contribution < 1.29 is 71.6 Å². The van der Waals surface area contributed by atoms with E-state index in [4.69, 9.17) is 57.2 Å². The van der Waals surface area contributed by atoms with Crippen molar-refractivity contribution in [3.8, 4) is 0 Å². The van der Waals surface area contributed by atoms with Crippen molar-refractivity contribution in [3.05, 3.63) is 0 Å². The maximum atomic E-state index is 11.5. The molecule has 0 spiro atoms. The van der Waals surface area contributed by atoms with E-state index in [0.29, 0.717) is 132 Å². The van der Waals surface area contributed by atoms with Gasteiger partial charge in [0.05, 0.1) is 119 Å². The number of hydrogen-bond acceptors (Lipinski definition) is 14. The molecule has 0 rings (SSSR count). The molecular formula is C30H56O15. The van der Waals surface area contributed by atoms with Crippen LogP contribution in [-0.4, -0.2) is 155 Å². The van der Waals surface area contributed by atoms with E-state index in [2.05, 4.69) is 0 Å². The highest BCUT2D eigenvalue weighted by Crippen LogP contribution is 2.01. The van der Waals surface area contributed by atoms with E-state index in [0.717, 1.165) is 6.42 Å². The van der Waals surface area contributed by atoms with E-state index in [-0.39, 0.29) is 44.6 Å². The van der Waals surface area contributed by atoms with E-state index in [1.165, 1.54) is 0 Å². The summed E-state index contributed by atoms with van der Waals surface area (Å²) in [5, 5.41) is 8.54. The van der Waals surface area contributed by atoms with E-state index in [1.54, 1.807) is 0 Å². The van der Waals surface area contributed by atoms with Gasteiger partial charge in [-0.1, -0.05) is 6.92 Å². The Morgan fingerprint density at radius 2 is 0.622 bits per heavy atom. The number of hydrogen-bond donors (Lipinski definition) is 1. The van der Waals surface area contributed by atoms with Crippen molar-refractivity contribution in [1.82, 2.24) is 0 Å². The van der Waals surface area contributed by atoms with E-state index in [1.807, 2.05) is 6.92 Å². The third kappa shape index (κ3) is 38.1. The molecule has 1 N–H and O–H groups in total. The Bertz CT molecular complexity index is 665. The van der Waals surface area contributed by atoms with Gasteiger partial charge in [0.2, 0.25) is 0 Å². The van der Waals surface area contributed by atoms with Crippen molar-refractivity contribution in [3.63, 3.8) is 0 Å². The van der Waals surface area contributed by atoms with Crippen LogP contribution < -0.4 is 0 Å². The fourth-order valence-electron chi connectivity index (χ4n) is 3.18.